The van der Waals surface area contributed by atoms with Gasteiger partial charge < -0.3 is 10.5 Å². The maximum Gasteiger partial charge on any atom is 0.312 e. The summed E-state index contributed by atoms with van der Waals surface area (Å²) in [6.45, 7) is 0.385. The van der Waals surface area contributed by atoms with Gasteiger partial charge in [-0.2, -0.15) is 5.26 Å². The SMILES string of the molecule is N#Cc1ccc(Oc2ccc(CN)cc2Br)c([N+](=O)[O-])c1. The molecule has 2 rings (SSSR count). The zero-order valence-corrected chi connectivity index (χ0v) is 12.3. The molecule has 0 fully saturated rings. The molecule has 0 unspecified atom stereocenters. The second-order valence-corrected chi connectivity index (χ2v) is 4.98. The molecule has 2 aromatic rings. The summed E-state index contributed by atoms with van der Waals surface area (Å²) in [6, 6.07) is 11.1. The molecule has 0 saturated heterocycles. The lowest BCUT2D eigenvalue weighted by Crippen LogP contribution is -1.97. The van der Waals surface area contributed by atoms with Crippen LogP contribution in [0.25, 0.3) is 0 Å². The monoisotopic (exact) mass is 347 g/mol. The van der Waals surface area contributed by atoms with E-state index < -0.39 is 4.92 Å². The first-order valence-electron chi connectivity index (χ1n) is 5.90. The van der Waals surface area contributed by atoms with Gasteiger partial charge in [0.15, 0.2) is 0 Å². The van der Waals surface area contributed by atoms with Gasteiger partial charge in [-0.25, -0.2) is 0 Å². The lowest BCUT2D eigenvalue weighted by molar-refractivity contribution is -0.385. The van der Waals surface area contributed by atoms with Crippen molar-refractivity contribution in [2.75, 3.05) is 0 Å². The van der Waals surface area contributed by atoms with Gasteiger partial charge in [0.1, 0.15) is 5.75 Å². The first-order chi connectivity index (χ1) is 10.0. The van der Waals surface area contributed by atoms with Crippen molar-refractivity contribution < 1.29 is 9.66 Å². The second kappa shape index (κ2) is 6.35. The molecule has 0 aromatic heterocycles. The Hall–Kier alpha value is -2.43. The summed E-state index contributed by atoms with van der Waals surface area (Å²) in [5.41, 5.74) is 6.38. The van der Waals surface area contributed by atoms with Crippen molar-refractivity contribution in [1.82, 2.24) is 0 Å². The van der Waals surface area contributed by atoms with Crippen molar-refractivity contribution in [1.29, 1.82) is 5.26 Å². The van der Waals surface area contributed by atoms with Gasteiger partial charge in [0.2, 0.25) is 5.75 Å². The van der Waals surface area contributed by atoms with Gasteiger partial charge in [0, 0.05) is 12.6 Å². The van der Waals surface area contributed by atoms with Gasteiger partial charge >= 0.3 is 5.69 Å². The maximum absolute atomic E-state index is 11.1. The maximum atomic E-state index is 11.1. The van der Waals surface area contributed by atoms with Gasteiger partial charge in [0.05, 0.1) is 21.0 Å². The molecular weight excluding hydrogens is 338 g/mol. The van der Waals surface area contributed by atoms with E-state index in [1.54, 1.807) is 18.2 Å². The molecule has 0 saturated carbocycles. The summed E-state index contributed by atoms with van der Waals surface area (Å²) < 4.78 is 6.20. The van der Waals surface area contributed by atoms with E-state index in [-0.39, 0.29) is 17.0 Å². The number of nitrogens with two attached hydrogens (primary N) is 1. The topological polar surface area (TPSA) is 102 Å². The third-order valence-electron chi connectivity index (χ3n) is 2.74. The molecule has 6 nitrogen and oxygen atoms in total. The zero-order chi connectivity index (χ0) is 15.4. The van der Waals surface area contributed by atoms with Crippen LogP contribution >= 0.6 is 15.9 Å². The van der Waals surface area contributed by atoms with E-state index in [1.807, 2.05) is 6.07 Å². The molecule has 0 aliphatic carbocycles. The number of rotatable bonds is 4. The van der Waals surface area contributed by atoms with Crippen molar-refractivity contribution in [2.45, 2.75) is 6.54 Å². The van der Waals surface area contributed by atoms with Crippen LogP contribution < -0.4 is 10.5 Å². The largest absolute Gasteiger partial charge is 0.449 e. The van der Waals surface area contributed by atoms with Crippen LogP contribution in [0.5, 0.6) is 11.5 Å². The summed E-state index contributed by atoms with van der Waals surface area (Å²) >= 11 is 3.33. The number of nitro groups is 1. The van der Waals surface area contributed by atoms with Gasteiger partial charge in [-0.15, -0.1) is 0 Å². The minimum atomic E-state index is -0.585. The quantitative estimate of drug-likeness (QED) is 0.673. The van der Waals surface area contributed by atoms with Gasteiger partial charge in [-0.3, -0.25) is 10.1 Å². The standard InChI is InChI=1S/C14H10BrN3O3/c15-11-5-9(7-16)1-3-13(11)21-14-4-2-10(8-17)6-12(14)18(19)20/h1-6H,7,16H2. The Morgan fingerprint density at radius 2 is 2.00 bits per heavy atom. The zero-order valence-electron chi connectivity index (χ0n) is 10.7. The lowest BCUT2D eigenvalue weighted by Gasteiger charge is -2.09. The number of halogens is 1. The fraction of sp³-hybridized carbons (Fsp3) is 0.0714. The smallest absolute Gasteiger partial charge is 0.312 e. The third-order valence-corrected chi connectivity index (χ3v) is 3.36. The Balaban J connectivity index is 2.40. The average Bonchev–Trinajstić information content (AvgIpc) is 2.49. The molecule has 0 radical (unpaired) electrons. The summed E-state index contributed by atoms with van der Waals surface area (Å²) in [4.78, 5) is 10.5. The molecule has 2 aromatic carbocycles. The number of hydrogen-bond donors (Lipinski definition) is 1. The molecule has 0 heterocycles. The molecular formula is C14H10BrN3O3. The minimum absolute atomic E-state index is 0.0696. The van der Waals surface area contributed by atoms with Crippen molar-refractivity contribution in [3.63, 3.8) is 0 Å². The highest BCUT2D eigenvalue weighted by Gasteiger charge is 2.17. The van der Waals surface area contributed by atoms with E-state index in [0.717, 1.165) is 5.56 Å². The lowest BCUT2D eigenvalue weighted by atomic mass is 10.2. The predicted octanol–water partition coefficient (Wildman–Crippen LogP) is 3.48. The van der Waals surface area contributed by atoms with E-state index in [0.29, 0.717) is 16.8 Å². The van der Waals surface area contributed by atoms with Crippen LogP contribution in [-0.4, -0.2) is 4.92 Å². The first kappa shape index (κ1) is 15.0. The molecule has 2 N–H and O–H groups in total. The van der Waals surface area contributed by atoms with Crippen molar-refractivity contribution in [2.24, 2.45) is 5.73 Å². The van der Waals surface area contributed by atoms with E-state index in [9.17, 15) is 10.1 Å². The number of hydrogen-bond acceptors (Lipinski definition) is 5. The molecule has 0 atom stereocenters. The van der Waals surface area contributed by atoms with E-state index >= 15 is 0 Å². The van der Waals surface area contributed by atoms with Crippen LogP contribution in [0.4, 0.5) is 5.69 Å². The first-order valence-corrected chi connectivity index (χ1v) is 6.69. The van der Waals surface area contributed by atoms with Crippen LogP contribution in [0.3, 0.4) is 0 Å². The molecule has 106 valence electrons. The average molecular weight is 348 g/mol. The van der Waals surface area contributed by atoms with E-state index in [1.165, 1.54) is 18.2 Å². The van der Waals surface area contributed by atoms with Crippen LogP contribution in [0.15, 0.2) is 40.9 Å². The Kier molecular flexibility index (Phi) is 4.52. The van der Waals surface area contributed by atoms with Gasteiger partial charge in [-0.1, -0.05) is 6.07 Å². The van der Waals surface area contributed by atoms with E-state index in [4.69, 9.17) is 15.7 Å². The minimum Gasteiger partial charge on any atom is -0.449 e. The van der Waals surface area contributed by atoms with Crippen molar-refractivity contribution in [3.05, 3.63) is 62.1 Å². The Morgan fingerprint density at radius 1 is 1.29 bits per heavy atom. The summed E-state index contributed by atoms with van der Waals surface area (Å²) in [7, 11) is 0. The highest BCUT2D eigenvalue weighted by Crippen LogP contribution is 2.35. The second-order valence-electron chi connectivity index (χ2n) is 4.12. The number of nitrogens with zero attached hydrogens (tertiary/aromatic N) is 2. The van der Waals surface area contributed by atoms with Crippen LogP contribution in [-0.2, 0) is 6.54 Å². The van der Waals surface area contributed by atoms with Crippen molar-refractivity contribution in [3.8, 4) is 17.6 Å². The molecule has 0 amide bonds. The summed E-state index contributed by atoms with van der Waals surface area (Å²) in [5, 5.41) is 19.8. The van der Waals surface area contributed by atoms with Crippen LogP contribution in [0, 0.1) is 21.4 Å². The van der Waals surface area contributed by atoms with E-state index in [2.05, 4.69) is 15.9 Å². The molecule has 0 bridgehead atoms. The Labute approximate surface area is 129 Å². The molecule has 21 heavy (non-hydrogen) atoms. The van der Waals surface area contributed by atoms with Gasteiger partial charge in [-0.05, 0) is 45.8 Å². The van der Waals surface area contributed by atoms with Gasteiger partial charge in [0.25, 0.3) is 0 Å². The van der Waals surface area contributed by atoms with Crippen LogP contribution in [0.1, 0.15) is 11.1 Å². The molecule has 0 aliphatic rings. The third kappa shape index (κ3) is 3.37. The fourth-order valence-corrected chi connectivity index (χ4v) is 2.20. The number of benzene rings is 2. The number of nitro benzene ring substituents is 1. The molecule has 0 aliphatic heterocycles. The van der Waals surface area contributed by atoms with Crippen LogP contribution in [0.2, 0.25) is 0 Å². The highest BCUT2D eigenvalue weighted by atomic mass is 79.9. The fourth-order valence-electron chi connectivity index (χ4n) is 1.69. The molecule has 7 heteroatoms. The Bertz CT molecular complexity index is 741. The summed E-state index contributed by atoms with van der Waals surface area (Å²) in [6.07, 6.45) is 0. The summed E-state index contributed by atoms with van der Waals surface area (Å²) in [5.74, 6) is 0.500. The predicted molar refractivity (Wildman–Crippen MR) is 79.9 cm³/mol. The van der Waals surface area contributed by atoms with Crippen molar-refractivity contribution >= 4 is 21.6 Å². The Morgan fingerprint density at radius 3 is 2.57 bits per heavy atom. The number of ether oxygens (including phenoxy) is 1. The molecule has 0 spiro atoms. The highest BCUT2D eigenvalue weighted by molar-refractivity contribution is 9.10. The normalized spacial score (nSPS) is 9.95. The number of nitriles is 1.